The molecule has 1 fully saturated rings. The second kappa shape index (κ2) is 4.54. The van der Waals surface area contributed by atoms with Gasteiger partial charge in [0.25, 0.3) is 0 Å². The molecule has 82 valence electrons. The summed E-state index contributed by atoms with van der Waals surface area (Å²) in [5.41, 5.74) is 0.215. The normalized spacial score (nSPS) is 17.4. The molecular formula is C11H14ClNOS. The molecule has 2 nitrogen and oxygen atoms in total. The summed E-state index contributed by atoms with van der Waals surface area (Å²) in [6.07, 6.45) is 2.79. The van der Waals surface area contributed by atoms with Gasteiger partial charge in [0.2, 0.25) is 5.91 Å². The highest BCUT2D eigenvalue weighted by Gasteiger charge is 2.41. The second-order valence-corrected chi connectivity index (χ2v) is 5.47. The van der Waals surface area contributed by atoms with Gasteiger partial charge >= 0.3 is 0 Å². The highest BCUT2D eigenvalue weighted by atomic mass is 35.5. The van der Waals surface area contributed by atoms with E-state index < -0.39 is 0 Å². The molecule has 1 amide bonds. The predicted octanol–water partition coefficient (Wildman–Crippen LogP) is 2.43. The molecule has 0 spiro atoms. The van der Waals surface area contributed by atoms with E-state index in [2.05, 4.69) is 5.32 Å². The molecule has 1 aromatic rings. The number of carbonyl (C=O) groups excluding carboxylic acids is 1. The van der Waals surface area contributed by atoms with Crippen LogP contribution in [0.5, 0.6) is 0 Å². The van der Waals surface area contributed by atoms with Crippen molar-refractivity contribution in [3.8, 4) is 0 Å². The van der Waals surface area contributed by atoms with Crippen LogP contribution in [0, 0.1) is 5.41 Å². The first-order valence-corrected chi connectivity index (χ1v) is 6.51. The maximum atomic E-state index is 11.6. The molecular weight excluding hydrogens is 230 g/mol. The third-order valence-corrected chi connectivity index (χ3v) is 4.26. The average Bonchev–Trinajstić information content (AvgIpc) is 2.86. The molecule has 1 heterocycles. The Morgan fingerprint density at radius 2 is 2.40 bits per heavy atom. The molecule has 0 aliphatic heterocycles. The van der Waals surface area contributed by atoms with Crippen LogP contribution in [-0.2, 0) is 11.2 Å². The molecule has 0 saturated heterocycles. The first-order chi connectivity index (χ1) is 7.24. The lowest BCUT2D eigenvalue weighted by atomic mass is 10.1. The van der Waals surface area contributed by atoms with Gasteiger partial charge in [-0.2, -0.15) is 0 Å². The van der Waals surface area contributed by atoms with Crippen LogP contribution in [0.2, 0.25) is 0 Å². The van der Waals surface area contributed by atoms with Crippen LogP contribution in [0.25, 0.3) is 0 Å². The van der Waals surface area contributed by atoms with Crippen molar-refractivity contribution in [3.05, 3.63) is 22.4 Å². The molecule has 0 aromatic carbocycles. The van der Waals surface area contributed by atoms with E-state index in [0.717, 1.165) is 24.3 Å². The minimum atomic E-state index is 0.105. The van der Waals surface area contributed by atoms with Crippen LogP contribution in [0.1, 0.15) is 17.7 Å². The van der Waals surface area contributed by atoms with Gasteiger partial charge in [-0.05, 0) is 24.3 Å². The van der Waals surface area contributed by atoms with Gasteiger partial charge in [-0.3, -0.25) is 4.79 Å². The van der Waals surface area contributed by atoms with Crippen molar-refractivity contribution in [2.45, 2.75) is 19.3 Å². The molecule has 15 heavy (non-hydrogen) atoms. The van der Waals surface area contributed by atoms with Gasteiger partial charge < -0.3 is 5.32 Å². The van der Waals surface area contributed by atoms with Crippen LogP contribution in [0.15, 0.2) is 17.5 Å². The number of carbonyl (C=O) groups is 1. The highest BCUT2D eigenvalue weighted by Crippen LogP contribution is 2.45. The number of hydrogen-bond donors (Lipinski definition) is 1. The van der Waals surface area contributed by atoms with Crippen LogP contribution < -0.4 is 5.32 Å². The molecule has 2 rings (SSSR count). The van der Waals surface area contributed by atoms with Gasteiger partial charge in [-0.25, -0.2) is 0 Å². The monoisotopic (exact) mass is 243 g/mol. The van der Waals surface area contributed by atoms with Crippen molar-refractivity contribution >= 4 is 28.8 Å². The number of amides is 1. The van der Waals surface area contributed by atoms with Crippen molar-refractivity contribution in [1.29, 1.82) is 0 Å². The van der Waals surface area contributed by atoms with Crippen molar-refractivity contribution in [3.63, 3.8) is 0 Å². The van der Waals surface area contributed by atoms with Gasteiger partial charge in [0.1, 0.15) is 0 Å². The Hall–Kier alpha value is -0.540. The zero-order valence-electron chi connectivity index (χ0n) is 8.46. The third kappa shape index (κ3) is 2.95. The molecule has 1 aliphatic rings. The van der Waals surface area contributed by atoms with Crippen LogP contribution in [-0.4, -0.2) is 18.3 Å². The van der Waals surface area contributed by atoms with E-state index in [-0.39, 0.29) is 11.3 Å². The predicted molar refractivity (Wildman–Crippen MR) is 63.4 cm³/mol. The Morgan fingerprint density at radius 1 is 1.60 bits per heavy atom. The van der Waals surface area contributed by atoms with Gasteiger partial charge in [0, 0.05) is 22.7 Å². The van der Waals surface area contributed by atoms with Crippen molar-refractivity contribution in [2.75, 3.05) is 12.4 Å². The number of halogens is 1. The minimum absolute atomic E-state index is 0.105. The van der Waals surface area contributed by atoms with Crippen LogP contribution >= 0.6 is 22.9 Å². The largest absolute Gasteiger partial charge is 0.355 e. The fraction of sp³-hybridized carbons (Fsp3) is 0.545. The maximum Gasteiger partial charge on any atom is 0.225 e. The lowest BCUT2D eigenvalue weighted by Crippen LogP contribution is -2.31. The molecule has 0 atom stereocenters. The number of hydrogen-bond acceptors (Lipinski definition) is 2. The highest BCUT2D eigenvalue weighted by molar-refractivity contribution is 7.10. The maximum absolute atomic E-state index is 11.6. The molecule has 1 N–H and O–H groups in total. The summed E-state index contributed by atoms with van der Waals surface area (Å²) in [6, 6.07) is 3.95. The zero-order valence-corrected chi connectivity index (χ0v) is 10.0. The summed E-state index contributed by atoms with van der Waals surface area (Å²) in [7, 11) is 0. The standard InChI is InChI=1S/C11H14ClNOS/c12-7-11(3-4-11)8-13-10(14)6-9-2-1-5-15-9/h1-2,5H,3-4,6-8H2,(H,13,14). The Morgan fingerprint density at radius 3 is 2.93 bits per heavy atom. The van der Waals surface area contributed by atoms with E-state index in [1.807, 2.05) is 17.5 Å². The van der Waals surface area contributed by atoms with E-state index in [4.69, 9.17) is 11.6 Å². The van der Waals surface area contributed by atoms with Gasteiger partial charge in [-0.1, -0.05) is 6.07 Å². The first kappa shape index (κ1) is 11.0. The van der Waals surface area contributed by atoms with E-state index in [1.54, 1.807) is 11.3 Å². The summed E-state index contributed by atoms with van der Waals surface area (Å²) in [4.78, 5) is 12.7. The van der Waals surface area contributed by atoms with E-state index in [9.17, 15) is 4.79 Å². The number of rotatable bonds is 5. The smallest absolute Gasteiger partial charge is 0.225 e. The summed E-state index contributed by atoms with van der Waals surface area (Å²) in [5, 5.41) is 4.95. The number of nitrogens with one attached hydrogen (secondary N) is 1. The van der Waals surface area contributed by atoms with Crippen molar-refractivity contribution in [1.82, 2.24) is 5.32 Å². The van der Waals surface area contributed by atoms with Gasteiger partial charge in [-0.15, -0.1) is 22.9 Å². The van der Waals surface area contributed by atoms with E-state index >= 15 is 0 Å². The summed E-state index contributed by atoms with van der Waals surface area (Å²) in [5.74, 6) is 0.764. The fourth-order valence-corrected chi connectivity index (χ4v) is 2.52. The number of thiophene rings is 1. The van der Waals surface area contributed by atoms with E-state index in [1.165, 1.54) is 0 Å². The van der Waals surface area contributed by atoms with Gasteiger partial charge in [0.05, 0.1) is 6.42 Å². The van der Waals surface area contributed by atoms with Gasteiger partial charge in [0.15, 0.2) is 0 Å². The van der Waals surface area contributed by atoms with Crippen molar-refractivity contribution < 1.29 is 4.79 Å². The Balaban J connectivity index is 1.74. The molecule has 0 unspecified atom stereocenters. The molecule has 4 heteroatoms. The molecule has 0 bridgehead atoms. The lowest BCUT2D eigenvalue weighted by Gasteiger charge is -2.11. The Kier molecular flexibility index (Phi) is 3.32. The average molecular weight is 244 g/mol. The summed E-state index contributed by atoms with van der Waals surface area (Å²) < 4.78 is 0. The quantitative estimate of drug-likeness (QED) is 0.791. The molecule has 1 aliphatic carbocycles. The van der Waals surface area contributed by atoms with Crippen LogP contribution in [0.3, 0.4) is 0 Å². The first-order valence-electron chi connectivity index (χ1n) is 5.09. The fourth-order valence-electron chi connectivity index (χ4n) is 1.45. The molecule has 1 saturated carbocycles. The molecule has 0 radical (unpaired) electrons. The summed E-state index contributed by atoms with van der Waals surface area (Å²) in [6.45, 7) is 0.737. The van der Waals surface area contributed by atoms with E-state index in [0.29, 0.717) is 12.3 Å². The second-order valence-electron chi connectivity index (χ2n) is 4.17. The Bertz CT molecular complexity index is 332. The molecule has 1 aromatic heterocycles. The van der Waals surface area contributed by atoms with Crippen molar-refractivity contribution in [2.24, 2.45) is 5.41 Å². The lowest BCUT2D eigenvalue weighted by molar-refractivity contribution is -0.120. The topological polar surface area (TPSA) is 29.1 Å². The minimum Gasteiger partial charge on any atom is -0.355 e. The summed E-state index contributed by atoms with van der Waals surface area (Å²) >= 11 is 7.45. The Labute approximate surface area is 98.6 Å². The SMILES string of the molecule is O=C(Cc1cccs1)NCC1(CCl)CC1. The number of alkyl halides is 1. The zero-order chi connectivity index (χ0) is 10.7. The van der Waals surface area contributed by atoms with Crippen LogP contribution in [0.4, 0.5) is 0 Å². The third-order valence-electron chi connectivity index (χ3n) is 2.82.